The molecule has 1 atom stereocenters. The Morgan fingerprint density at radius 3 is 2.28 bits per heavy atom. The Kier molecular flexibility index (Phi) is 9.27. The minimum absolute atomic E-state index is 0.136. The van der Waals surface area contributed by atoms with E-state index in [1.807, 2.05) is 78.9 Å². The number of carbonyl (C=O) groups excluding carboxylic acids is 1. The normalized spacial score (nSPS) is 17.6. The van der Waals surface area contributed by atoms with E-state index in [4.69, 9.17) is 11.6 Å². The van der Waals surface area contributed by atoms with Gasteiger partial charge in [0.2, 0.25) is 0 Å². The number of piperidine rings is 2. The summed E-state index contributed by atoms with van der Waals surface area (Å²) in [6.45, 7) is 6.85. The number of fused-ring (bicyclic) bond motifs is 1. The average molecular weight is 597 g/mol. The van der Waals surface area contributed by atoms with Crippen LogP contribution in [0.5, 0.6) is 0 Å². The quantitative estimate of drug-likeness (QED) is 0.238. The molecule has 0 saturated carbocycles. The topological polar surface area (TPSA) is 57.6 Å². The molecule has 3 heterocycles. The summed E-state index contributed by atoms with van der Waals surface area (Å²) >= 11 is 6.45. The van der Waals surface area contributed by atoms with Gasteiger partial charge in [-0.3, -0.25) is 19.1 Å². The molecule has 1 N–H and O–H groups in total. The highest BCUT2D eigenvalue weighted by atomic mass is 35.5. The van der Waals surface area contributed by atoms with Gasteiger partial charge >= 0.3 is 0 Å². The molecule has 3 aromatic carbocycles. The molecule has 7 heteroatoms. The highest BCUT2D eigenvalue weighted by Crippen LogP contribution is 2.28. The molecule has 0 spiro atoms. The summed E-state index contributed by atoms with van der Waals surface area (Å²) in [4.78, 5) is 33.7. The second-order valence-electron chi connectivity index (χ2n) is 11.9. The lowest BCUT2D eigenvalue weighted by Gasteiger charge is -2.40. The van der Waals surface area contributed by atoms with Crippen molar-refractivity contribution in [1.29, 1.82) is 0 Å². The van der Waals surface area contributed by atoms with Gasteiger partial charge in [0.25, 0.3) is 11.5 Å². The number of nitrogens with one attached hydrogen (secondary N) is 1. The molecule has 1 amide bonds. The molecular weight excluding hydrogens is 556 g/mol. The third kappa shape index (κ3) is 6.42. The van der Waals surface area contributed by atoms with Crippen LogP contribution in [-0.4, -0.2) is 52.5 Å². The van der Waals surface area contributed by atoms with Crippen LogP contribution in [0.1, 0.15) is 73.1 Å². The lowest BCUT2D eigenvalue weighted by molar-refractivity contribution is 0.0873. The zero-order valence-electron chi connectivity index (χ0n) is 25.0. The van der Waals surface area contributed by atoms with E-state index in [1.165, 1.54) is 32.4 Å². The predicted molar refractivity (Wildman–Crippen MR) is 175 cm³/mol. The van der Waals surface area contributed by atoms with Crippen LogP contribution in [0.4, 0.5) is 0 Å². The van der Waals surface area contributed by atoms with Crippen molar-refractivity contribution in [2.45, 2.75) is 64.1 Å². The van der Waals surface area contributed by atoms with Gasteiger partial charge in [-0.15, -0.1) is 0 Å². The minimum atomic E-state index is -0.166. The Hall–Kier alpha value is -3.45. The number of amides is 1. The molecule has 6 rings (SSSR count). The number of rotatable bonds is 8. The number of halogens is 1. The zero-order valence-corrected chi connectivity index (χ0v) is 25.7. The SMILES string of the molecule is CC[C@H](NC(=O)c1c(CN2CCC(N3CCCCC3)CC2)n(-c2cccc(Cl)c2)c(=O)c2ccccc12)c1ccccc1. The number of benzene rings is 3. The van der Waals surface area contributed by atoms with Crippen molar-refractivity contribution >= 4 is 28.3 Å². The summed E-state index contributed by atoms with van der Waals surface area (Å²) < 4.78 is 1.73. The number of nitrogens with zero attached hydrogens (tertiary/aromatic N) is 3. The molecule has 2 fully saturated rings. The van der Waals surface area contributed by atoms with Crippen LogP contribution in [0.2, 0.25) is 5.02 Å². The molecule has 2 aliphatic heterocycles. The summed E-state index contributed by atoms with van der Waals surface area (Å²) in [5.74, 6) is -0.166. The third-order valence-electron chi connectivity index (χ3n) is 9.23. The molecule has 224 valence electrons. The standard InChI is InChI=1S/C36H41ClN4O2/c1-2-32(26-12-5-3-6-13-26)38-35(42)34-30-16-7-8-17-31(30)36(43)41(29-15-11-14-27(37)24-29)33(34)25-39-22-18-28(19-23-39)40-20-9-4-10-21-40/h3,5-8,11-17,24,28,32H,2,4,9-10,18-23,25H2,1H3,(H,38,42)/t32-/m0/s1. The summed E-state index contributed by atoms with van der Waals surface area (Å²) in [5.41, 5.74) is 2.87. The fourth-order valence-corrected chi connectivity index (χ4v) is 7.15. The van der Waals surface area contributed by atoms with Crippen molar-refractivity contribution in [2.75, 3.05) is 26.2 Å². The van der Waals surface area contributed by atoms with E-state index in [2.05, 4.69) is 22.0 Å². The summed E-state index contributed by atoms with van der Waals surface area (Å²) in [6.07, 6.45) is 6.88. The van der Waals surface area contributed by atoms with E-state index >= 15 is 0 Å². The molecule has 2 saturated heterocycles. The van der Waals surface area contributed by atoms with E-state index in [-0.39, 0.29) is 17.5 Å². The van der Waals surface area contributed by atoms with Crippen molar-refractivity contribution in [3.05, 3.63) is 111 Å². The molecule has 0 aliphatic carbocycles. The van der Waals surface area contributed by atoms with Crippen LogP contribution in [-0.2, 0) is 6.54 Å². The fraction of sp³-hybridized carbons (Fsp3) is 0.389. The maximum Gasteiger partial charge on any atom is 0.263 e. The lowest BCUT2D eigenvalue weighted by Crippen LogP contribution is -2.47. The predicted octanol–water partition coefficient (Wildman–Crippen LogP) is 6.98. The number of hydrogen-bond donors (Lipinski definition) is 1. The largest absolute Gasteiger partial charge is 0.345 e. The fourth-order valence-electron chi connectivity index (χ4n) is 6.96. The molecule has 4 aromatic rings. The number of carbonyl (C=O) groups is 1. The Balaban J connectivity index is 1.42. The first-order valence-electron chi connectivity index (χ1n) is 15.8. The van der Waals surface area contributed by atoms with Crippen LogP contribution in [0, 0.1) is 0 Å². The molecule has 0 unspecified atom stereocenters. The van der Waals surface area contributed by atoms with Gasteiger partial charge in [-0.2, -0.15) is 0 Å². The van der Waals surface area contributed by atoms with Crippen molar-refractivity contribution in [3.63, 3.8) is 0 Å². The van der Waals surface area contributed by atoms with Gasteiger partial charge in [-0.1, -0.05) is 79.5 Å². The molecule has 6 nitrogen and oxygen atoms in total. The van der Waals surface area contributed by atoms with Gasteiger partial charge in [0.1, 0.15) is 0 Å². The minimum Gasteiger partial charge on any atom is -0.345 e. The maximum absolute atomic E-state index is 14.4. The number of hydrogen-bond acceptors (Lipinski definition) is 4. The molecule has 0 radical (unpaired) electrons. The zero-order chi connectivity index (χ0) is 29.8. The van der Waals surface area contributed by atoms with E-state index in [0.717, 1.165) is 37.9 Å². The van der Waals surface area contributed by atoms with Crippen LogP contribution < -0.4 is 10.9 Å². The van der Waals surface area contributed by atoms with E-state index in [1.54, 1.807) is 4.57 Å². The number of likely N-dealkylation sites (tertiary alicyclic amines) is 2. The number of aromatic nitrogens is 1. The van der Waals surface area contributed by atoms with Crippen LogP contribution in [0.3, 0.4) is 0 Å². The Morgan fingerprint density at radius 2 is 1.58 bits per heavy atom. The van der Waals surface area contributed by atoms with E-state index in [0.29, 0.717) is 45.3 Å². The van der Waals surface area contributed by atoms with Crippen LogP contribution in [0.15, 0.2) is 83.7 Å². The Labute approximate surface area is 259 Å². The van der Waals surface area contributed by atoms with Crippen molar-refractivity contribution in [1.82, 2.24) is 19.7 Å². The molecule has 43 heavy (non-hydrogen) atoms. The Bertz CT molecular complexity index is 1620. The van der Waals surface area contributed by atoms with E-state index < -0.39 is 0 Å². The lowest BCUT2D eigenvalue weighted by atomic mass is 9.97. The van der Waals surface area contributed by atoms with Gasteiger partial charge in [0.15, 0.2) is 0 Å². The highest BCUT2D eigenvalue weighted by molar-refractivity contribution is 6.30. The smallest absolute Gasteiger partial charge is 0.263 e. The average Bonchev–Trinajstić information content (AvgIpc) is 3.05. The van der Waals surface area contributed by atoms with E-state index in [9.17, 15) is 9.59 Å². The second kappa shape index (κ2) is 13.5. The summed E-state index contributed by atoms with van der Waals surface area (Å²) in [5, 5.41) is 5.08. The number of pyridine rings is 1. The first kappa shape index (κ1) is 29.6. The molecule has 1 aromatic heterocycles. The van der Waals surface area contributed by atoms with Crippen molar-refractivity contribution < 1.29 is 4.79 Å². The first-order chi connectivity index (χ1) is 21.0. The van der Waals surface area contributed by atoms with Gasteiger partial charge in [0.05, 0.1) is 23.0 Å². The van der Waals surface area contributed by atoms with Gasteiger partial charge < -0.3 is 10.2 Å². The first-order valence-corrected chi connectivity index (χ1v) is 16.2. The van der Waals surface area contributed by atoms with Crippen LogP contribution >= 0.6 is 11.6 Å². The third-order valence-corrected chi connectivity index (χ3v) is 9.47. The molecular formula is C36H41ClN4O2. The molecule has 0 bridgehead atoms. The van der Waals surface area contributed by atoms with Crippen molar-refractivity contribution in [2.24, 2.45) is 0 Å². The van der Waals surface area contributed by atoms with Crippen LogP contribution in [0.25, 0.3) is 16.5 Å². The van der Waals surface area contributed by atoms with Crippen molar-refractivity contribution in [3.8, 4) is 5.69 Å². The van der Waals surface area contributed by atoms with Gasteiger partial charge in [-0.25, -0.2) is 0 Å². The highest BCUT2D eigenvalue weighted by Gasteiger charge is 2.29. The van der Waals surface area contributed by atoms with Gasteiger partial charge in [0, 0.05) is 41.5 Å². The Morgan fingerprint density at radius 1 is 0.884 bits per heavy atom. The maximum atomic E-state index is 14.4. The summed E-state index contributed by atoms with van der Waals surface area (Å²) in [6, 6.07) is 25.4. The van der Waals surface area contributed by atoms with Gasteiger partial charge in [-0.05, 0) is 75.0 Å². The monoisotopic (exact) mass is 596 g/mol. The second-order valence-corrected chi connectivity index (χ2v) is 12.4. The molecule has 2 aliphatic rings. The summed E-state index contributed by atoms with van der Waals surface area (Å²) in [7, 11) is 0.